The van der Waals surface area contributed by atoms with Crippen molar-refractivity contribution in [3.8, 4) is 0 Å². The topological polar surface area (TPSA) is 29.9 Å². The Morgan fingerprint density at radius 1 is 1.44 bits per heavy atom. The number of aromatic nitrogens is 2. The number of hydrogen-bond acceptors (Lipinski definition) is 2. The van der Waals surface area contributed by atoms with Gasteiger partial charge in [-0.25, -0.2) is 4.98 Å². The van der Waals surface area contributed by atoms with E-state index in [2.05, 4.69) is 17.2 Å². The van der Waals surface area contributed by atoms with E-state index in [4.69, 9.17) is 23.2 Å². The number of hydrogen-bond donors (Lipinski definition) is 1. The molecule has 90 valence electrons. The fourth-order valence-electron chi connectivity index (χ4n) is 2.10. The van der Waals surface area contributed by atoms with Gasteiger partial charge in [0.05, 0.1) is 5.69 Å². The van der Waals surface area contributed by atoms with Crippen LogP contribution in [0.15, 0.2) is 0 Å². The Bertz CT molecular complexity index is 383. The van der Waals surface area contributed by atoms with Crippen LogP contribution in [-0.4, -0.2) is 16.1 Å². The monoisotopic (exact) mass is 261 g/mol. The smallest absolute Gasteiger partial charge is 0.204 e. The quantitative estimate of drug-likeness (QED) is 0.903. The average Bonchev–Trinajstić information content (AvgIpc) is 2.42. The molecule has 1 aromatic heterocycles. The predicted molar refractivity (Wildman–Crippen MR) is 66.9 cm³/mol. The standard InChI is InChI=1S/C11H17Cl2N3/c1-11(4-3-5-11)7-14-6-8-9(12)15-10(13)16(8)2/h14H,3-7H2,1-2H3. The lowest BCUT2D eigenvalue weighted by Crippen LogP contribution is -2.37. The molecule has 1 heterocycles. The van der Waals surface area contributed by atoms with Crippen LogP contribution in [0.5, 0.6) is 0 Å². The molecule has 0 aromatic carbocycles. The molecule has 0 radical (unpaired) electrons. The van der Waals surface area contributed by atoms with Gasteiger partial charge in [-0.3, -0.25) is 0 Å². The lowest BCUT2D eigenvalue weighted by atomic mass is 9.70. The first-order valence-electron chi connectivity index (χ1n) is 5.59. The highest BCUT2D eigenvalue weighted by Crippen LogP contribution is 2.39. The Labute approximate surface area is 106 Å². The van der Waals surface area contributed by atoms with Crippen molar-refractivity contribution in [1.82, 2.24) is 14.9 Å². The maximum atomic E-state index is 5.99. The van der Waals surface area contributed by atoms with Crippen molar-refractivity contribution >= 4 is 23.2 Å². The van der Waals surface area contributed by atoms with Crippen molar-refractivity contribution in [3.63, 3.8) is 0 Å². The van der Waals surface area contributed by atoms with Gasteiger partial charge in [-0.2, -0.15) is 0 Å². The fourth-order valence-corrected chi connectivity index (χ4v) is 2.61. The van der Waals surface area contributed by atoms with Crippen LogP contribution in [0.4, 0.5) is 0 Å². The summed E-state index contributed by atoms with van der Waals surface area (Å²) in [5.41, 5.74) is 1.43. The highest BCUT2D eigenvalue weighted by atomic mass is 35.5. The van der Waals surface area contributed by atoms with Gasteiger partial charge in [-0.15, -0.1) is 0 Å². The third kappa shape index (κ3) is 2.36. The van der Waals surface area contributed by atoms with Crippen molar-refractivity contribution in [1.29, 1.82) is 0 Å². The van der Waals surface area contributed by atoms with Crippen molar-refractivity contribution < 1.29 is 0 Å². The number of rotatable bonds is 4. The Kier molecular flexibility index (Phi) is 3.48. The molecule has 16 heavy (non-hydrogen) atoms. The Morgan fingerprint density at radius 3 is 2.56 bits per heavy atom. The van der Waals surface area contributed by atoms with Crippen LogP contribution in [-0.2, 0) is 13.6 Å². The second-order valence-electron chi connectivity index (χ2n) is 4.95. The molecule has 1 saturated carbocycles. The molecule has 1 fully saturated rings. The highest BCUT2D eigenvalue weighted by Gasteiger charge is 2.31. The molecule has 0 aliphatic heterocycles. The van der Waals surface area contributed by atoms with Gasteiger partial charge >= 0.3 is 0 Å². The van der Waals surface area contributed by atoms with E-state index in [1.165, 1.54) is 19.3 Å². The van der Waals surface area contributed by atoms with Crippen molar-refractivity contribution in [3.05, 3.63) is 16.1 Å². The van der Waals surface area contributed by atoms with Crippen LogP contribution in [0.3, 0.4) is 0 Å². The maximum absolute atomic E-state index is 5.99. The van der Waals surface area contributed by atoms with Gasteiger partial charge in [0.1, 0.15) is 0 Å². The van der Waals surface area contributed by atoms with Crippen molar-refractivity contribution in [2.24, 2.45) is 12.5 Å². The lowest BCUT2D eigenvalue weighted by Gasteiger charge is -2.38. The zero-order chi connectivity index (χ0) is 11.8. The SMILES string of the molecule is Cn1c(Cl)nc(Cl)c1CNCC1(C)CCC1. The molecule has 5 heteroatoms. The molecule has 1 aliphatic rings. The predicted octanol–water partition coefficient (Wildman–Crippen LogP) is 3.01. The number of nitrogens with zero attached hydrogens (tertiary/aromatic N) is 2. The van der Waals surface area contributed by atoms with E-state index in [-0.39, 0.29) is 0 Å². The van der Waals surface area contributed by atoms with E-state index in [0.29, 0.717) is 15.9 Å². The zero-order valence-electron chi connectivity index (χ0n) is 9.69. The summed E-state index contributed by atoms with van der Waals surface area (Å²) in [6.45, 7) is 4.08. The van der Waals surface area contributed by atoms with E-state index in [1.807, 2.05) is 11.6 Å². The first kappa shape index (κ1) is 12.2. The molecule has 3 nitrogen and oxygen atoms in total. The van der Waals surface area contributed by atoms with Gasteiger partial charge < -0.3 is 9.88 Å². The summed E-state index contributed by atoms with van der Waals surface area (Å²) in [5, 5.41) is 4.38. The molecule has 0 amide bonds. The van der Waals surface area contributed by atoms with Crippen molar-refractivity contribution in [2.75, 3.05) is 6.54 Å². The zero-order valence-corrected chi connectivity index (χ0v) is 11.2. The van der Waals surface area contributed by atoms with E-state index in [1.54, 1.807) is 0 Å². The third-order valence-corrected chi connectivity index (χ3v) is 4.16. The molecule has 1 N–H and O–H groups in total. The first-order chi connectivity index (χ1) is 7.52. The van der Waals surface area contributed by atoms with Crippen LogP contribution in [0.1, 0.15) is 31.9 Å². The second kappa shape index (κ2) is 4.55. The lowest BCUT2D eigenvalue weighted by molar-refractivity contribution is 0.156. The Balaban J connectivity index is 1.89. The summed E-state index contributed by atoms with van der Waals surface area (Å²) in [7, 11) is 1.88. The second-order valence-corrected chi connectivity index (χ2v) is 5.64. The van der Waals surface area contributed by atoms with Gasteiger partial charge in [0, 0.05) is 20.1 Å². The van der Waals surface area contributed by atoms with Gasteiger partial charge in [-0.1, -0.05) is 24.9 Å². The van der Waals surface area contributed by atoms with Gasteiger partial charge in [0.2, 0.25) is 5.28 Å². The molecule has 1 aliphatic carbocycles. The third-order valence-electron chi connectivity index (χ3n) is 3.52. The molecule has 0 bridgehead atoms. The summed E-state index contributed by atoms with van der Waals surface area (Å²) in [4.78, 5) is 4.01. The van der Waals surface area contributed by atoms with Gasteiger partial charge in [-0.05, 0) is 29.9 Å². The molecule has 0 atom stereocenters. The fraction of sp³-hybridized carbons (Fsp3) is 0.727. The van der Waals surface area contributed by atoms with Crippen LogP contribution in [0, 0.1) is 5.41 Å². The Hall–Kier alpha value is -0.250. The van der Waals surface area contributed by atoms with E-state index in [9.17, 15) is 0 Å². The summed E-state index contributed by atoms with van der Waals surface area (Å²) < 4.78 is 1.82. The maximum Gasteiger partial charge on any atom is 0.204 e. The van der Waals surface area contributed by atoms with Crippen molar-refractivity contribution in [2.45, 2.75) is 32.7 Å². The summed E-state index contributed by atoms with van der Waals surface area (Å²) in [5.74, 6) is 0. The molecular weight excluding hydrogens is 245 g/mol. The molecule has 2 rings (SSSR count). The minimum atomic E-state index is 0.441. The normalized spacial score (nSPS) is 18.5. The van der Waals surface area contributed by atoms with Crippen LogP contribution in [0.2, 0.25) is 10.4 Å². The largest absolute Gasteiger partial charge is 0.319 e. The molecular formula is C11H17Cl2N3. The summed E-state index contributed by atoms with van der Waals surface area (Å²) >= 11 is 11.9. The summed E-state index contributed by atoms with van der Waals surface area (Å²) in [6.07, 6.45) is 4.00. The molecule has 1 aromatic rings. The number of imidazole rings is 1. The van der Waals surface area contributed by atoms with E-state index in [0.717, 1.165) is 18.8 Å². The van der Waals surface area contributed by atoms with E-state index >= 15 is 0 Å². The Morgan fingerprint density at radius 2 is 2.12 bits per heavy atom. The number of nitrogens with one attached hydrogen (secondary N) is 1. The summed E-state index contributed by atoms with van der Waals surface area (Å²) in [6, 6.07) is 0. The molecule has 0 spiro atoms. The highest BCUT2D eigenvalue weighted by molar-refractivity contribution is 6.32. The minimum absolute atomic E-state index is 0.441. The molecule has 0 unspecified atom stereocenters. The minimum Gasteiger partial charge on any atom is -0.319 e. The average molecular weight is 262 g/mol. The van der Waals surface area contributed by atoms with Crippen LogP contribution < -0.4 is 5.32 Å². The number of halogens is 2. The molecule has 0 saturated heterocycles. The van der Waals surface area contributed by atoms with E-state index < -0.39 is 0 Å². The first-order valence-corrected chi connectivity index (χ1v) is 6.35. The van der Waals surface area contributed by atoms with Gasteiger partial charge in [0.15, 0.2) is 5.15 Å². The van der Waals surface area contributed by atoms with Crippen LogP contribution >= 0.6 is 23.2 Å². The van der Waals surface area contributed by atoms with Gasteiger partial charge in [0.25, 0.3) is 0 Å². The van der Waals surface area contributed by atoms with Crippen LogP contribution in [0.25, 0.3) is 0 Å².